The van der Waals surface area contributed by atoms with Crippen LogP contribution < -0.4 is 16.7 Å². The van der Waals surface area contributed by atoms with Gasteiger partial charge >= 0.3 is 11.1 Å². The van der Waals surface area contributed by atoms with E-state index in [9.17, 15) is 22.8 Å². The zero-order valence-corrected chi connectivity index (χ0v) is 18.7. The highest BCUT2D eigenvalue weighted by Crippen LogP contribution is 2.23. The summed E-state index contributed by atoms with van der Waals surface area (Å²) in [5.41, 5.74) is -1.12. The van der Waals surface area contributed by atoms with Gasteiger partial charge in [-0.2, -0.15) is 4.31 Å². The minimum absolute atomic E-state index is 0.0685. The molecule has 3 N–H and O–H groups in total. The number of ether oxygens (including phenoxy) is 1. The zero-order chi connectivity index (χ0) is 23.9. The summed E-state index contributed by atoms with van der Waals surface area (Å²) in [6, 6.07) is 10.9. The van der Waals surface area contributed by atoms with Gasteiger partial charge in [-0.1, -0.05) is 12.1 Å². The molecular formula is C22H21N5O6S. The molecule has 0 saturated carbocycles. The third-order valence-corrected chi connectivity index (χ3v) is 7.56. The largest absolute Gasteiger partial charge is 0.377 e. The van der Waals surface area contributed by atoms with Gasteiger partial charge in [-0.3, -0.25) is 14.4 Å². The molecule has 5 rings (SSSR count). The number of nitrogens with one attached hydrogen (secondary N) is 3. The quantitative estimate of drug-likeness (QED) is 0.343. The Bertz CT molecular complexity index is 1670. The lowest BCUT2D eigenvalue weighted by Crippen LogP contribution is -2.38. The lowest BCUT2D eigenvalue weighted by atomic mass is 10.2. The van der Waals surface area contributed by atoms with E-state index < -0.39 is 21.1 Å². The predicted molar refractivity (Wildman–Crippen MR) is 124 cm³/mol. The monoisotopic (exact) mass is 483 g/mol. The van der Waals surface area contributed by atoms with Gasteiger partial charge in [0.2, 0.25) is 10.0 Å². The van der Waals surface area contributed by atoms with Gasteiger partial charge in [-0.15, -0.1) is 0 Å². The number of fused-ring (bicyclic) bond motifs is 2. The Hall–Kier alpha value is -3.61. The van der Waals surface area contributed by atoms with E-state index in [1.54, 1.807) is 24.3 Å². The molecule has 1 atom stereocenters. The van der Waals surface area contributed by atoms with Crippen LogP contribution in [0.4, 0.5) is 0 Å². The van der Waals surface area contributed by atoms with E-state index >= 15 is 0 Å². The molecule has 11 nitrogen and oxygen atoms in total. The Morgan fingerprint density at radius 3 is 2.50 bits per heavy atom. The van der Waals surface area contributed by atoms with Crippen molar-refractivity contribution in [1.82, 2.24) is 24.2 Å². The van der Waals surface area contributed by atoms with E-state index in [0.717, 1.165) is 6.42 Å². The number of hydrogen-bond acceptors (Lipinski definition) is 7. The Labute approximate surface area is 192 Å². The first-order valence-electron chi connectivity index (χ1n) is 10.7. The van der Waals surface area contributed by atoms with Crippen molar-refractivity contribution >= 4 is 32.0 Å². The van der Waals surface area contributed by atoms with Crippen molar-refractivity contribution in [2.24, 2.45) is 0 Å². The molecule has 1 fully saturated rings. The van der Waals surface area contributed by atoms with E-state index in [1.807, 2.05) is 0 Å². The van der Waals surface area contributed by atoms with Crippen LogP contribution in [0.2, 0.25) is 0 Å². The molecule has 12 heteroatoms. The van der Waals surface area contributed by atoms with Crippen LogP contribution in [0.1, 0.15) is 18.7 Å². The van der Waals surface area contributed by atoms with Crippen molar-refractivity contribution in [2.45, 2.75) is 30.4 Å². The van der Waals surface area contributed by atoms with Crippen molar-refractivity contribution in [1.29, 1.82) is 0 Å². The summed E-state index contributed by atoms with van der Waals surface area (Å²) in [4.78, 5) is 47.6. The van der Waals surface area contributed by atoms with Crippen LogP contribution in [-0.2, 0) is 21.3 Å². The molecule has 1 saturated heterocycles. The summed E-state index contributed by atoms with van der Waals surface area (Å²) in [5, 5.41) is 0.409. The predicted octanol–water partition coefficient (Wildman–Crippen LogP) is 0.823. The maximum Gasteiger partial charge on any atom is 0.314 e. The number of aromatic nitrogens is 4. The fourth-order valence-corrected chi connectivity index (χ4v) is 5.50. The van der Waals surface area contributed by atoms with Crippen molar-refractivity contribution in [3.8, 4) is 0 Å². The minimum Gasteiger partial charge on any atom is -0.377 e. The van der Waals surface area contributed by atoms with Crippen molar-refractivity contribution in [2.75, 3.05) is 13.2 Å². The normalized spacial score (nSPS) is 16.6. The topological polar surface area (TPSA) is 158 Å². The van der Waals surface area contributed by atoms with Gasteiger partial charge in [0.25, 0.3) is 5.56 Å². The second kappa shape index (κ2) is 8.63. The first kappa shape index (κ1) is 22.2. The summed E-state index contributed by atoms with van der Waals surface area (Å²) in [5.74, 6) is 0.198. The first-order valence-corrected chi connectivity index (χ1v) is 12.1. The third-order valence-electron chi connectivity index (χ3n) is 5.75. The summed E-state index contributed by atoms with van der Waals surface area (Å²) in [6.45, 7) is 0.440. The van der Waals surface area contributed by atoms with Crippen LogP contribution in [0.25, 0.3) is 21.9 Å². The highest BCUT2D eigenvalue weighted by Gasteiger charge is 2.30. The molecule has 2 aromatic carbocycles. The summed E-state index contributed by atoms with van der Waals surface area (Å²) >= 11 is 0. The SMILES string of the molecule is O=c1[nH]c2ccc(S(=O)(=O)N(Cc3nc4ccccc4c(=O)[nH]3)CC3CCCO3)cc2[nH]c1=O. The van der Waals surface area contributed by atoms with Crippen molar-refractivity contribution in [3.63, 3.8) is 0 Å². The molecule has 0 spiro atoms. The van der Waals surface area contributed by atoms with Crippen LogP contribution in [0.15, 0.2) is 61.7 Å². The van der Waals surface area contributed by atoms with Crippen LogP contribution in [-0.4, -0.2) is 51.9 Å². The maximum absolute atomic E-state index is 13.7. The van der Waals surface area contributed by atoms with Gasteiger partial charge in [0, 0.05) is 13.2 Å². The Balaban J connectivity index is 1.56. The second-order valence-electron chi connectivity index (χ2n) is 8.08. The number of aromatic amines is 3. The standard InChI is InChI=1S/C22H21N5O6S/c28-20-15-5-1-2-6-16(15)23-19(26-20)12-27(11-13-4-3-9-33-13)34(31,32)14-7-8-17-18(10-14)25-22(30)21(29)24-17/h1-2,5-8,10,13H,3-4,9,11-12H2,(H,24,29)(H,25,30)(H,23,26,28). The van der Waals surface area contributed by atoms with Crippen LogP contribution in [0, 0.1) is 0 Å². The minimum atomic E-state index is -4.09. The number of benzene rings is 2. The van der Waals surface area contributed by atoms with E-state index in [2.05, 4.69) is 19.9 Å². The van der Waals surface area contributed by atoms with Crippen LogP contribution in [0.5, 0.6) is 0 Å². The number of hydrogen-bond donors (Lipinski definition) is 3. The smallest absolute Gasteiger partial charge is 0.314 e. The summed E-state index contributed by atoms with van der Waals surface area (Å²) in [6.07, 6.45) is 1.24. The molecule has 0 amide bonds. The van der Waals surface area contributed by atoms with Gasteiger partial charge in [-0.25, -0.2) is 13.4 Å². The highest BCUT2D eigenvalue weighted by atomic mass is 32.2. The third kappa shape index (κ3) is 4.18. The van der Waals surface area contributed by atoms with E-state index in [4.69, 9.17) is 4.74 Å². The fourth-order valence-electron chi connectivity index (χ4n) is 4.04. The molecule has 176 valence electrons. The first-order chi connectivity index (χ1) is 16.3. The molecule has 1 aliphatic rings. The molecule has 4 aromatic rings. The van der Waals surface area contributed by atoms with Gasteiger partial charge < -0.3 is 19.7 Å². The molecular weight excluding hydrogens is 462 g/mol. The maximum atomic E-state index is 13.7. The van der Waals surface area contributed by atoms with Gasteiger partial charge in [-0.05, 0) is 43.2 Å². The van der Waals surface area contributed by atoms with Crippen LogP contribution in [0.3, 0.4) is 0 Å². The second-order valence-corrected chi connectivity index (χ2v) is 10.0. The molecule has 0 aliphatic carbocycles. The molecule has 2 aromatic heterocycles. The van der Waals surface area contributed by atoms with Gasteiger partial charge in [0.15, 0.2) is 0 Å². The molecule has 0 bridgehead atoms. The number of nitrogens with zero attached hydrogens (tertiary/aromatic N) is 2. The Morgan fingerprint density at radius 1 is 0.971 bits per heavy atom. The number of sulfonamides is 1. The average Bonchev–Trinajstić information content (AvgIpc) is 3.32. The summed E-state index contributed by atoms with van der Waals surface area (Å²) in [7, 11) is -4.09. The number of rotatable bonds is 6. The lowest BCUT2D eigenvalue weighted by molar-refractivity contribution is 0.0921. The number of H-pyrrole nitrogens is 3. The van der Waals surface area contributed by atoms with Crippen molar-refractivity contribution < 1.29 is 13.2 Å². The number of para-hydroxylation sites is 1. The fraction of sp³-hybridized carbons (Fsp3) is 0.273. The average molecular weight is 484 g/mol. The highest BCUT2D eigenvalue weighted by molar-refractivity contribution is 7.89. The van der Waals surface area contributed by atoms with Gasteiger partial charge in [0.05, 0.1) is 39.5 Å². The Morgan fingerprint density at radius 2 is 1.74 bits per heavy atom. The molecule has 34 heavy (non-hydrogen) atoms. The molecule has 3 heterocycles. The Kier molecular flexibility index (Phi) is 5.63. The van der Waals surface area contributed by atoms with Crippen LogP contribution >= 0.6 is 0 Å². The zero-order valence-electron chi connectivity index (χ0n) is 17.9. The van der Waals surface area contributed by atoms with Crippen molar-refractivity contribution in [3.05, 3.63) is 79.4 Å². The molecule has 1 unspecified atom stereocenters. The van der Waals surface area contributed by atoms with Gasteiger partial charge in [0.1, 0.15) is 5.82 Å². The molecule has 0 radical (unpaired) electrons. The molecule has 1 aliphatic heterocycles. The lowest BCUT2D eigenvalue weighted by Gasteiger charge is -2.24. The summed E-state index contributed by atoms with van der Waals surface area (Å²) < 4.78 is 34.2. The van der Waals surface area contributed by atoms with E-state index in [1.165, 1.54) is 22.5 Å². The van der Waals surface area contributed by atoms with E-state index in [-0.39, 0.29) is 41.0 Å². The van der Waals surface area contributed by atoms with E-state index in [0.29, 0.717) is 29.4 Å².